The van der Waals surface area contributed by atoms with Gasteiger partial charge in [0.25, 0.3) is 0 Å². The lowest BCUT2D eigenvalue weighted by Gasteiger charge is -2.24. The van der Waals surface area contributed by atoms with Crippen LogP contribution in [0.25, 0.3) is 0 Å². The fraction of sp³-hybridized carbons (Fsp3) is 0.818. The van der Waals surface area contributed by atoms with E-state index in [1.807, 2.05) is 6.08 Å². The minimum absolute atomic E-state index is 0.0434. The molecule has 1 N–H and O–H groups in total. The smallest absolute Gasteiger partial charge is 0.124 e. The Morgan fingerprint density at radius 2 is 2.38 bits per heavy atom. The van der Waals surface area contributed by atoms with Gasteiger partial charge in [0.2, 0.25) is 0 Å². The van der Waals surface area contributed by atoms with E-state index in [-0.39, 0.29) is 12.2 Å². The minimum atomic E-state index is -0.267. The molecule has 1 heterocycles. The van der Waals surface area contributed by atoms with Crippen LogP contribution in [0.1, 0.15) is 45.4 Å². The molecule has 2 nitrogen and oxygen atoms in total. The SMILES string of the molecule is CCCCCC(O)C1CCC=CO1. The molecule has 76 valence electrons. The summed E-state index contributed by atoms with van der Waals surface area (Å²) in [5.74, 6) is 0. The second kappa shape index (κ2) is 6.03. The van der Waals surface area contributed by atoms with Gasteiger partial charge >= 0.3 is 0 Å². The molecule has 0 saturated heterocycles. The van der Waals surface area contributed by atoms with E-state index in [1.54, 1.807) is 6.26 Å². The largest absolute Gasteiger partial charge is 0.496 e. The van der Waals surface area contributed by atoms with Gasteiger partial charge in [-0.1, -0.05) is 26.2 Å². The van der Waals surface area contributed by atoms with Crippen molar-refractivity contribution in [3.63, 3.8) is 0 Å². The summed E-state index contributed by atoms with van der Waals surface area (Å²) < 4.78 is 5.34. The highest BCUT2D eigenvalue weighted by Crippen LogP contribution is 2.17. The highest BCUT2D eigenvalue weighted by atomic mass is 16.5. The van der Waals surface area contributed by atoms with Crippen LogP contribution >= 0.6 is 0 Å². The van der Waals surface area contributed by atoms with Gasteiger partial charge < -0.3 is 9.84 Å². The summed E-state index contributed by atoms with van der Waals surface area (Å²) in [6, 6.07) is 0. The lowest BCUT2D eigenvalue weighted by molar-refractivity contribution is -0.00682. The van der Waals surface area contributed by atoms with Crippen LogP contribution in [-0.4, -0.2) is 17.3 Å². The van der Waals surface area contributed by atoms with E-state index in [0.717, 1.165) is 25.7 Å². The van der Waals surface area contributed by atoms with Crippen LogP contribution in [0.3, 0.4) is 0 Å². The molecule has 13 heavy (non-hydrogen) atoms. The van der Waals surface area contributed by atoms with Crippen LogP contribution in [0.2, 0.25) is 0 Å². The van der Waals surface area contributed by atoms with Crippen molar-refractivity contribution in [2.45, 2.75) is 57.7 Å². The molecular weight excluding hydrogens is 164 g/mol. The molecular formula is C11H20O2. The van der Waals surface area contributed by atoms with Gasteiger partial charge in [-0.05, 0) is 25.3 Å². The van der Waals surface area contributed by atoms with Crippen LogP contribution in [0.5, 0.6) is 0 Å². The summed E-state index contributed by atoms with van der Waals surface area (Å²) in [4.78, 5) is 0. The van der Waals surface area contributed by atoms with Gasteiger partial charge in [-0.2, -0.15) is 0 Å². The maximum absolute atomic E-state index is 9.74. The van der Waals surface area contributed by atoms with Crippen molar-refractivity contribution < 1.29 is 9.84 Å². The number of hydrogen-bond donors (Lipinski definition) is 1. The molecule has 2 atom stereocenters. The fourth-order valence-electron chi connectivity index (χ4n) is 1.63. The summed E-state index contributed by atoms with van der Waals surface area (Å²) in [7, 11) is 0. The minimum Gasteiger partial charge on any atom is -0.496 e. The first-order chi connectivity index (χ1) is 6.34. The fourth-order valence-corrected chi connectivity index (χ4v) is 1.63. The molecule has 1 aliphatic heterocycles. The Morgan fingerprint density at radius 1 is 1.54 bits per heavy atom. The number of unbranched alkanes of at least 4 members (excludes halogenated alkanes) is 2. The van der Waals surface area contributed by atoms with Crippen molar-refractivity contribution in [1.29, 1.82) is 0 Å². The van der Waals surface area contributed by atoms with E-state index in [1.165, 1.54) is 12.8 Å². The third-order valence-corrected chi connectivity index (χ3v) is 2.50. The number of aliphatic hydroxyl groups excluding tert-OH is 1. The summed E-state index contributed by atoms with van der Waals surface area (Å²) in [6.07, 6.45) is 9.91. The summed E-state index contributed by atoms with van der Waals surface area (Å²) in [5.41, 5.74) is 0. The third kappa shape index (κ3) is 3.81. The zero-order chi connectivity index (χ0) is 9.52. The molecule has 0 aliphatic carbocycles. The molecule has 0 fully saturated rings. The molecule has 1 rings (SSSR count). The zero-order valence-corrected chi connectivity index (χ0v) is 8.41. The normalized spacial score (nSPS) is 24.0. The van der Waals surface area contributed by atoms with E-state index in [0.29, 0.717) is 0 Å². The highest BCUT2D eigenvalue weighted by Gasteiger charge is 2.20. The van der Waals surface area contributed by atoms with Crippen molar-refractivity contribution in [2.75, 3.05) is 0 Å². The first-order valence-corrected chi connectivity index (χ1v) is 5.33. The van der Waals surface area contributed by atoms with E-state index in [4.69, 9.17) is 4.74 Å². The Kier molecular flexibility index (Phi) is 4.91. The first-order valence-electron chi connectivity index (χ1n) is 5.33. The van der Waals surface area contributed by atoms with Gasteiger partial charge in [0.15, 0.2) is 0 Å². The lowest BCUT2D eigenvalue weighted by atomic mass is 10.0. The van der Waals surface area contributed by atoms with Crippen molar-refractivity contribution in [1.82, 2.24) is 0 Å². The molecule has 2 heteroatoms. The van der Waals surface area contributed by atoms with Crippen LogP contribution in [0, 0.1) is 0 Å². The molecule has 0 radical (unpaired) electrons. The van der Waals surface area contributed by atoms with Gasteiger partial charge in [-0.3, -0.25) is 0 Å². The van der Waals surface area contributed by atoms with Gasteiger partial charge in [-0.25, -0.2) is 0 Å². The Bertz CT molecular complexity index is 154. The Labute approximate surface area is 80.6 Å². The molecule has 0 amide bonds. The average Bonchev–Trinajstić information content (AvgIpc) is 2.19. The summed E-state index contributed by atoms with van der Waals surface area (Å²) >= 11 is 0. The Hall–Kier alpha value is -0.500. The van der Waals surface area contributed by atoms with Gasteiger partial charge in [0, 0.05) is 0 Å². The van der Waals surface area contributed by atoms with E-state index < -0.39 is 0 Å². The van der Waals surface area contributed by atoms with Crippen molar-refractivity contribution >= 4 is 0 Å². The van der Waals surface area contributed by atoms with E-state index in [9.17, 15) is 5.11 Å². The van der Waals surface area contributed by atoms with Gasteiger partial charge in [-0.15, -0.1) is 0 Å². The van der Waals surface area contributed by atoms with Crippen molar-refractivity contribution in [3.8, 4) is 0 Å². The maximum atomic E-state index is 9.74. The van der Waals surface area contributed by atoms with E-state index in [2.05, 4.69) is 6.92 Å². The molecule has 0 saturated carbocycles. The van der Waals surface area contributed by atoms with Crippen LogP contribution in [0.4, 0.5) is 0 Å². The quantitative estimate of drug-likeness (QED) is 0.665. The second-order valence-electron chi connectivity index (χ2n) is 3.69. The van der Waals surface area contributed by atoms with Crippen molar-refractivity contribution in [3.05, 3.63) is 12.3 Å². The Balaban J connectivity index is 2.14. The van der Waals surface area contributed by atoms with Crippen LogP contribution in [-0.2, 0) is 4.74 Å². The lowest BCUT2D eigenvalue weighted by Crippen LogP contribution is -2.28. The molecule has 1 aliphatic rings. The van der Waals surface area contributed by atoms with Gasteiger partial charge in [0.05, 0.1) is 12.4 Å². The number of ether oxygens (including phenoxy) is 1. The van der Waals surface area contributed by atoms with Crippen LogP contribution in [0.15, 0.2) is 12.3 Å². The number of rotatable bonds is 5. The standard InChI is InChI=1S/C11H20O2/c1-2-3-4-7-10(12)11-8-5-6-9-13-11/h6,9-12H,2-5,7-8H2,1H3. The van der Waals surface area contributed by atoms with Crippen molar-refractivity contribution in [2.24, 2.45) is 0 Å². The highest BCUT2D eigenvalue weighted by molar-refractivity contribution is 4.85. The van der Waals surface area contributed by atoms with E-state index >= 15 is 0 Å². The van der Waals surface area contributed by atoms with Crippen LogP contribution < -0.4 is 0 Å². The number of aliphatic hydroxyl groups is 1. The molecule has 0 aromatic heterocycles. The Morgan fingerprint density at radius 3 is 3.00 bits per heavy atom. The zero-order valence-electron chi connectivity index (χ0n) is 8.41. The summed E-state index contributed by atoms with van der Waals surface area (Å²) in [6.45, 7) is 2.17. The average molecular weight is 184 g/mol. The predicted octanol–water partition coefficient (Wildman–Crippen LogP) is 2.62. The second-order valence-corrected chi connectivity index (χ2v) is 3.69. The topological polar surface area (TPSA) is 29.5 Å². The number of hydrogen-bond acceptors (Lipinski definition) is 2. The molecule has 0 aromatic carbocycles. The molecule has 0 bridgehead atoms. The molecule has 2 unspecified atom stereocenters. The van der Waals surface area contributed by atoms with Gasteiger partial charge in [0.1, 0.15) is 6.10 Å². The summed E-state index contributed by atoms with van der Waals surface area (Å²) in [5, 5.41) is 9.74. The first kappa shape index (κ1) is 10.6. The monoisotopic (exact) mass is 184 g/mol. The third-order valence-electron chi connectivity index (χ3n) is 2.50. The molecule has 0 aromatic rings. The predicted molar refractivity (Wildman–Crippen MR) is 53.4 cm³/mol. The molecule has 0 spiro atoms. The number of allylic oxidation sites excluding steroid dienone is 1. The maximum Gasteiger partial charge on any atom is 0.124 e.